The molecule has 26 heavy (non-hydrogen) atoms. The number of rotatable bonds is 3. The number of ether oxygens (including phenoxy) is 1. The van der Waals surface area contributed by atoms with Crippen LogP contribution in [0.25, 0.3) is 0 Å². The Morgan fingerprint density at radius 3 is 2.38 bits per heavy atom. The molecule has 2 aromatic rings. The lowest BCUT2D eigenvalue weighted by molar-refractivity contribution is -0.154. The molecule has 9 heteroatoms. The summed E-state index contributed by atoms with van der Waals surface area (Å²) < 4.78 is 41.8. The third-order valence-corrected chi connectivity index (χ3v) is 4.10. The molecule has 0 unspecified atom stereocenters. The first-order valence-electron chi connectivity index (χ1n) is 7.93. The second kappa shape index (κ2) is 7.07. The van der Waals surface area contributed by atoms with Crippen molar-refractivity contribution in [2.45, 2.75) is 19.0 Å². The normalized spacial score (nSPS) is 14.3. The van der Waals surface area contributed by atoms with Crippen molar-refractivity contribution in [3.8, 4) is 11.9 Å². The van der Waals surface area contributed by atoms with Gasteiger partial charge in [0.1, 0.15) is 11.9 Å². The summed E-state index contributed by atoms with van der Waals surface area (Å²) in [6.07, 6.45) is -3.23. The molecular formula is C17H15F3N4O2. The highest BCUT2D eigenvalue weighted by Gasteiger charge is 2.30. The largest absolute Gasteiger partial charge is 0.467 e. The van der Waals surface area contributed by atoms with Crippen LogP contribution < -0.4 is 15.3 Å². The first-order chi connectivity index (χ1) is 12.4. The number of fused-ring (bicyclic) bond motifs is 1. The van der Waals surface area contributed by atoms with Gasteiger partial charge in [-0.3, -0.25) is 4.98 Å². The molecule has 1 aliphatic rings. The fraction of sp³-hybridized carbons (Fsp3) is 0.353. The molecule has 1 aromatic carbocycles. The molecule has 0 atom stereocenters. The average molecular weight is 364 g/mol. The van der Waals surface area contributed by atoms with E-state index in [1.165, 1.54) is 11.1 Å². The molecule has 1 aromatic heterocycles. The van der Waals surface area contributed by atoms with Crippen LogP contribution >= 0.6 is 0 Å². The van der Waals surface area contributed by atoms with E-state index in [4.69, 9.17) is 0 Å². The first kappa shape index (κ1) is 17.8. The summed E-state index contributed by atoms with van der Waals surface area (Å²) in [5, 5.41) is 9.39. The van der Waals surface area contributed by atoms with Crippen molar-refractivity contribution in [2.75, 3.05) is 24.6 Å². The minimum Gasteiger partial charge on any atom is -0.467 e. The standard InChI is InChI=1S/C17H15F3N4O2/c18-17(19,20)10-26-15-13(9-21)14(22-16(25)23-15)24-7-5-11-3-1-2-4-12(11)6-8-24/h1-4H,5-8,10H2,(H,22,23,25). The fourth-order valence-electron chi connectivity index (χ4n) is 2.93. The average Bonchev–Trinajstić information content (AvgIpc) is 2.81. The molecule has 136 valence electrons. The van der Waals surface area contributed by atoms with Gasteiger partial charge in [0.25, 0.3) is 0 Å². The van der Waals surface area contributed by atoms with Crippen LogP contribution in [0.15, 0.2) is 29.1 Å². The first-order valence-corrected chi connectivity index (χ1v) is 7.93. The highest BCUT2D eigenvalue weighted by molar-refractivity contribution is 5.58. The third-order valence-electron chi connectivity index (χ3n) is 4.10. The number of halogens is 3. The number of alkyl halides is 3. The summed E-state index contributed by atoms with van der Waals surface area (Å²) in [4.78, 5) is 19.4. The fourth-order valence-corrected chi connectivity index (χ4v) is 2.93. The molecule has 6 nitrogen and oxygen atoms in total. The summed E-state index contributed by atoms with van der Waals surface area (Å²) in [6.45, 7) is -0.613. The van der Waals surface area contributed by atoms with Crippen LogP contribution in [0.1, 0.15) is 16.7 Å². The lowest BCUT2D eigenvalue weighted by Crippen LogP contribution is -2.31. The number of benzene rings is 1. The molecule has 1 aliphatic heterocycles. The van der Waals surface area contributed by atoms with E-state index in [1.54, 1.807) is 11.0 Å². The zero-order valence-corrected chi connectivity index (χ0v) is 13.6. The monoisotopic (exact) mass is 364 g/mol. The number of nitrogens with one attached hydrogen (secondary N) is 1. The molecule has 2 heterocycles. The summed E-state index contributed by atoms with van der Waals surface area (Å²) in [5.41, 5.74) is 1.26. The van der Waals surface area contributed by atoms with Gasteiger partial charge in [0.2, 0.25) is 5.88 Å². The zero-order chi connectivity index (χ0) is 18.7. The number of nitrogens with zero attached hydrogens (tertiary/aromatic N) is 3. The van der Waals surface area contributed by atoms with Gasteiger partial charge in [-0.1, -0.05) is 24.3 Å². The molecule has 0 saturated carbocycles. The van der Waals surface area contributed by atoms with Gasteiger partial charge in [0.05, 0.1) is 0 Å². The molecule has 0 fully saturated rings. The van der Waals surface area contributed by atoms with Gasteiger partial charge >= 0.3 is 11.9 Å². The van der Waals surface area contributed by atoms with Crippen LogP contribution in [-0.2, 0) is 12.8 Å². The maximum atomic E-state index is 12.4. The number of aromatic amines is 1. The lowest BCUT2D eigenvalue weighted by Gasteiger charge is -2.23. The molecule has 1 N–H and O–H groups in total. The minimum atomic E-state index is -4.60. The van der Waals surface area contributed by atoms with Gasteiger partial charge in [-0.2, -0.15) is 23.4 Å². The van der Waals surface area contributed by atoms with E-state index in [0.29, 0.717) is 25.9 Å². The van der Waals surface area contributed by atoms with Gasteiger partial charge in [0, 0.05) is 13.1 Å². The van der Waals surface area contributed by atoms with Crippen molar-refractivity contribution in [1.29, 1.82) is 5.26 Å². The highest BCUT2D eigenvalue weighted by Crippen LogP contribution is 2.27. The van der Waals surface area contributed by atoms with Crippen molar-refractivity contribution >= 4 is 5.82 Å². The minimum absolute atomic E-state index is 0.137. The van der Waals surface area contributed by atoms with E-state index in [1.807, 2.05) is 24.3 Å². The maximum absolute atomic E-state index is 12.4. The van der Waals surface area contributed by atoms with Gasteiger partial charge < -0.3 is 9.64 Å². The van der Waals surface area contributed by atoms with E-state index in [9.17, 15) is 23.2 Å². The second-order valence-electron chi connectivity index (χ2n) is 5.84. The molecule has 0 bridgehead atoms. The summed E-state index contributed by atoms with van der Waals surface area (Å²) in [7, 11) is 0. The smallest absolute Gasteiger partial charge is 0.422 e. The SMILES string of the molecule is N#Cc1c(OCC(F)(F)F)nc(=O)[nH]c1N1CCc2ccccc2CC1. The number of H-pyrrole nitrogens is 1. The van der Waals surface area contributed by atoms with E-state index >= 15 is 0 Å². The molecule has 0 aliphatic carbocycles. The van der Waals surface area contributed by atoms with Crippen LogP contribution in [0.2, 0.25) is 0 Å². The predicted molar refractivity (Wildman–Crippen MR) is 87.2 cm³/mol. The van der Waals surface area contributed by atoms with Crippen molar-refractivity contribution < 1.29 is 17.9 Å². The Hall–Kier alpha value is -3.02. The molecule has 3 rings (SSSR count). The Labute approximate surface area is 146 Å². The topological polar surface area (TPSA) is 82.0 Å². The molecule has 0 spiro atoms. The van der Waals surface area contributed by atoms with Gasteiger partial charge in [-0.25, -0.2) is 4.79 Å². The number of anilines is 1. The van der Waals surface area contributed by atoms with Crippen LogP contribution in [0, 0.1) is 11.3 Å². The van der Waals surface area contributed by atoms with Gasteiger partial charge in [-0.15, -0.1) is 0 Å². The van der Waals surface area contributed by atoms with Gasteiger partial charge in [-0.05, 0) is 24.0 Å². The van der Waals surface area contributed by atoms with E-state index < -0.39 is 24.4 Å². The van der Waals surface area contributed by atoms with E-state index in [-0.39, 0.29) is 11.4 Å². The Kier molecular flexibility index (Phi) is 4.84. The zero-order valence-electron chi connectivity index (χ0n) is 13.6. The second-order valence-corrected chi connectivity index (χ2v) is 5.84. The van der Waals surface area contributed by atoms with Crippen LogP contribution in [-0.4, -0.2) is 35.8 Å². The third kappa shape index (κ3) is 3.96. The molecule has 0 amide bonds. The van der Waals surface area contributed by atoms with Crippen LogP contribution in [0.5, 0.6) is 5.88 Å². The van der Waals surface area contributed by atoms with Crippen LogP contribution in [0.4, 0.5) is 19.0 Å². The molecular weight excluding hydrogens is 349 g/mol. The highest BCUT2D eigenvalue weighted by atomic mass is 19.4. The van der Waals surface area contributed by atoms with Gasteiger partial charge in [0.15, 0.2) is 12.2 Å². The van der Waals surface area contributed by atoms with Crippen molar-refractivity contribution in [3.63, 3.8) is 0 Å². The summed E-state index contributed by atoms with van der Waals surface area (Å²) in [5.74, 6) is -0.470. The molecule has 0 saturated heterocycles. The predicted octanol–water partition coefficient (Wildman–Crippen LogP) is 2.19. The Bertz CT molecular complexity index is 875. The number of hydrogen-bond donors (Lipinski definition) is 1. The van der Waals surface area contributed by atoms with E-state index in [2.05, 4.69) is 14.7 Å². The number of nitriles is 1. The maximum Gasteiger partial charge on any atom is 0.422 e. The lowest BCUT2D eigenvalue weighted by atomic mass is 10.0. The Morgan fingerprint density at radius 1 is 1.23 bits per heavy atom. The number of hydrogen-bond acceptors (Lipinski definition) is 5. The Morgan fingerprint density at radius 2 is 1.85 bits per heavy atom. The van der Waals surface area contributed by atoms with E-state index in [0.717, 1.165) is 0 Å². The summed E-state index contributed by atoms with van der Waals surface area (Å²) >= 11 is 0. The number of aromatic nitrogens is 2. The van der Waals surface area contributed by atoms with Crippen molar-refractivity contribution in [2.24, 2.45) is 0 Å². The van der Waals surface area contributed by atoms with Crippen molar-refractivity contribution in [1.82, 2.24) is 9.97 Å². The Balaban J connectivity index is 1.91. The molecule has 0 radical (unpaired) electrons. The van der Waals surface area contributed by atoms with Crippen molar-refractivity contribution in [3.05, 3.63) is 51.4 Å². The van der Waals surface area contributed by atoms with Crippen LogP contribution in [0.3, 0.4) is 0 Å². The summed E-state index contributed by atoms with van der Waals surface area (Å²) in [6, 6.07) is 9.70. The quantitative estimate of drug-likeness (QED) is 0.903.